The summed E-state index contributed by atoms with van der Waals surface area (Å²) in [4.78, 5) is 10.8. The van der Waals surface area contributed by atoms with E-state index in [0.29, 0.717) is 5.75 Å². The normalized spacial score (nSPS) is 10.2. The highest BCUT2D eigenvalue weighted by molar-refractivity contribution is 5.87. The van der Waals surface area contributed by atoms with Crippen LogP contribution in [0.15, 0.2) is 42.5 Å². The zero-order valence-corrected chi connectivity index (χ0v) is 10.9. The molecular weight excluding hydrogens is 282 g/mol. The van der Waals surface area contributed by atoms with Gasteiger partial charge in [-0.15, -0.1) is 0 Å². The van der Waals surface area contributed by atoms with Gasteiger partial charge in [0, 0.05) is 0 Å². The van der Waals surface area contributed by atoms with Crippen molar-refractivity contribution in [1.82, 2.24) is 0 Å². The smallest absolute Gasteiger partial charge is 0.335 e. The Labute approximate surface area is 119 Å². The van der Waals surface area contributed by atoms with Crippen LogP contribution in [0.3, 0.4) is 0 Å². The van der Waals surface area contributed by atoms with Gasteiger partial charge in [-0.2, -0.15) is 4.39 Å². The number of halogens is 2. The molecule has 1 N–H and O–H groups in total. The van der Waals surface area contributed by atoms with Gasteiger partial charge in [-0.3, -0.25) is 0 Å². The van der Waals surface area contributed by atoms with Crippen molar-refractivity contribution in [1.29, 1.82) is 0 Å². The molecule has 0 bridgehead atoms. The molecule has 0 aliphatic heterocycles. The lowest BCUT2D eigenvalue weighted by atomic mass is 10.2. The van der Waals surface area contributed by atoms with Gasteiger partial charge < -0.3 is 14.6 Å². The van der Waals surface area contributed by atoms with E-state index in [0.717, 1.165) is 6.07 Å². The molecule has 0 fully saturated rings. The van der Waals surface area contributed by atoms with Gasteiger partial charge in [-0.05, 0) is 30.3 Å². The molecule has 4 nitrogen and oxygen atoms in total. The minimum absolute atomic E-state index is 0.00231. The fourth-order valence-corrected chi connectivity index (χ4v) is 1.63. The second kappa shape index (κ2) is 6.69. The molecule has 0 aliphatic rings. The van der Waals surface area contributed by atoms with E-state index in [9.17, 15) is 13.6 Å². The topological polar surface area (TPSA) is 55.8 Å². The van der Waals surface area contributed by atoms with Crippen LogP contribution in [0.25, 0.3) is 0 Å². The van der Waals surface area contributed by atoms with E-state index < -0.39 is 17.6 Å². The van der Waals surface area contributed by atoms with Crippen LogP contribution in [0.2, 0.25) is 0 Å². The van der Waals surface area contributed by atoms with Crippen molar-refractivity contribution in [3.05, 3.63) is 59.7 Å². The van der Waals surface area contributed by atoms with Gasteiger partial charge in [0.15, 0.2) is 11.6 Å². The summed E-state index contributed by atoms with van der Waals surface area (Å²) in [5.41, 5.74) is 0.101. The van der Waals surface area contributed by atoms with Crippen molar-refractivity contribution in [2.75, 3.05) is 13.2 Å². The van der Waals surface area contributed by atoms with Crippen LogP contribution in [0.5, 0.6) is 11.5 Å². The molecule has 2 aromatic carbocycles. The fraction of sp³-hybridized carbons (Fsp3) is 0.133. The molecule has 110 valence electrons. The summed E-state index contributed by atoms with van der Waals surface area (Å²) in [5.74, 6) is -2.93. The standard InChI is InChI=1S/C15H12F2O4/c16-12-5-2-6-13(14(12)17)21-8-7-20-11-4-1-3-10(9-11)15(18)19/h1-6,9H,7-8H2,(H,18,19). The molecule has 0 aromatic heterocycles. The van der Waals surface area contributed by atoms with E-state index in [1.165, 1.54) is 24.3 Å². The Morgan fingerprint density at radius 1 is 1.05 bits per heavy atom. The van der Waals surface area contributed by atoms with E-state index in [1.54, 1.807) is 12.1 Å². The third kappa shape index (κ3) is 3.92. The molecule has 0 aliphatic carbocycles. The van der Waals surface area contributed by atoms with Gasteiger partial charge in [-0.1, -0.05) is 12.1 Å². The second-order valence-electron chi connectivity index (χ2n) is 4.08. The highest BCUT2D eigenvalue weighted by atomic mass is 19.2. The Morgan fingerprint density at radius 2 is 1.76 bits per heavy atom. The Kier molecular flexibility index (Phi) is 4.71. The molecule has 0 saturated carbocycles. The lowest BCUT2D eigenvalue weighted by molar-refractivity contribution is 0.0696. The van der Waals surface area contributed by atoms with Gasteiger partial charge in [-0.25, -0.2) is 9.18 Å². The number of benzene rings is 2. The summed E-state index contributed by atoms with van der Waals surface area (Å²) in [6, 6.07) is 9.59. The van der Waals surface area contributed by atoms with Crippen LogP contribution < -0.4 is 9.47 Å². The predicted octanol–water partition coefficient (Wildman–Crippen LogP) is 3.12. The predicted molar refractivity (Wildman–Crippen MR) is 70.7 cm³/mol. The summed E-state index contributed by atoms with van der Waals surface area (Å²) in [6.07, 6.45) is 0. The first-order valence-electron chi connectivity index (χ1n) is 6.11. The monoisotopic (exact) mass is 294 g/mol. The third-order valence-corrected chi connectivity index (χ3v) is 2.61. The fourth-order valence-electron chi connectivity index (χ4n) is 1.63. The van der Waals surface area contributed by atoms with Crippen molar-refractivity contribution in [3.63, 3.8) is 0 Å². The lowest BCUT2D eigenvalue weighted by Crippen LogP contribution is -2.10. The highest BCUT2D eigenvalue weighted by Crippen LogP contribution is 2.19. The first-order valence-corrected chi connectivity index (χ1v) is 6.11. The molecule has 21 heavy (non-hydrogen) atoms. The molecule has 0 atom stereocenters. The Hall–Kier alpha value is -2.63. The Balaban J connectivity index is 1.86. The maximum Gasteiger partial charge on any atom is 0.335 e. The molecule has 0 spiro atoms. The van der Waals surface area contributed by atoms with Crippen molar-refractivity contribution < 1.29 is 28.2 Å². The molecule has 2 aromatic rings. The minimum atomic E-state index is -1.06. The number of rotatable bonds is 6. The van der Waals surface area contributed by atoms with Gasteiger partial charge in [0.05, 0.1) is 5.56 Å². The molecule has 0 heterocycles. The summed E-state index contributed by atoms with van der Waals surface area (Å²) in [6.45, 7) is 0.0662. The van der Waals surface area contributed by atoms with E-state index in [2.05, 4.69) is 0 Å². The van der Waals surface area contributed by atoms with Crippen LogP contribution in [0, 0.1) is 11.6 Å². The summed E-state index contributed by atoms with van der Waals surface area (Å²) >= 11 is 0. The Bertz CT molecular complexity index is 643. The van der Waals surface area contributed by atoms with E-state index in [4.69, 9.17) is 14.6 Å². The molecule has 6 heteroatoms. The number of aromatic carboxylic acids is 1. The maximum atomic E-state index is 13.3. The van der Waals surface area contributed by atoms with Crippen molar-refractivity contribution in [2.45, 2.75) is 0 Å². The van der Waals surface area contributed by atoms with Gasteiger partial charge in [0.25, 0.3) is 0 Å². The van der Waals surface area contributed by atoms with E-state index >= 15 is 0 Å². The molecule has 0 amide bonds. The van der Waals surface area contributed by atoms with Crippen LogP contribution in [-0.4, -0.2) is 24.3 Å². The average molecular weight is 294 g/mol. The van der Waals surface area contributed by atoms with Crippen LogP contribution in [0.4, 0.5) is 8.78 Å². The lowest BCUT2D eigenvalue weighted by Gasteiger charge is -2.09. The quantitative estimate of drug-likeness (QED) is 0.832. The SMILES string of the molecule is O=C(O)c1cccc(OCCOc2cccc(F)c2F)c1. The van der Waals surface area contributed by atoms with Gasteiger partial charge in [0.1, 0.15) is 19.0 Å². The van der Waals surface area contributed by atoms with Crippen LogP contribution in [0.1, 0.15) is 10.4 Å². The van der Waals surface area contributed by atoms with Crippen LogP contribution in [-0.2, 0) is 0 Å². The van der Waals surface area contributed by atoms with E-state index in [1.807, 2.05) is 0 Å². The summed E-state index contributed by atoms with van der Waals surface area (Å²) in [7, 11) is 0. The number of hydrogen-bond acceptors (Lipinski definition) is 3. The van der Waals surface area contributed by atoms with Gasteiger partial charge >= 0.3 is 5.97 Å². The molecule has 0 unspecified atom stereocenters. The molecule has 0 saturated heterocycles. The zero-order chi connectivity index (χ0) is 15.2. The molecular formula is C15H12F2O4. The van der Waals surface area contributed by atoms with Crippen molar-refractivity contribution in [3.8, 4) is 11.5 Å². The summed E-state index contributed by atoms with van der Waals surface area (Å²) in [5, 5.41) is 8.83. The first kappa shape index (κ1) is 14.8. The number of carboxylic acid groups (broad SMARTS) is 1. The number of ether oxygens (including phenoxy) is 2. The van der Waals surface area contributed by atoms with Gasteiger partial charge in [0.2, 0.25) is 5.82 Å². The zero-order valence-electron chi connectivity index (χ0n) is 10.9. The van der Waals surface area contributed by atoms with E-state index in [-0.39, 0.29) is 24.5 Å². The molecule has 0 radical (unpaired) electrons. The number of hydrogen-bond donors (Lipinski definition) is 1. The maximum absolute atomic E-state index is 13.3. The summed E-state index contributed by atoms with van der Waals surface area (Å²) < 4.78 is 36.6. The number of carboxylic acids is 1. The largest absolute Gasteiger partial charge is 0.490 e. The Morgan fingerprint density at radius 3 is 2.52 bits per heavy atom. The molecule has 2 rings (SSSR count). The second-order valence-corrected chi connectivity index (χ2v) is 4.08. The average Bonchev–Trinajstić information content (AvgIpc) is 2.48. The number of carbonyl (C=O) groups is 1. The van der Waals surface area contributed by atoms with Crippen molar-refractivity contribution in [2.24, 2.45) is 0 Å². The first-order chi connectivity index (χ1) is 10.1. The third-order valence-electron chi connectivity index (χ3n) is 2.61. The van der Waals surface area contributed by atoms with Crippen molar-refractivity contribution >= 4 is 5.97 Å². The highest BCUT2D eigenvalue weighted by Gasteiger charge is 2.08. The minimum Gasteiger partial charge on any atom is -0.490 e. The van der Waals surface area contributed by atoms with Crippen LogP contribution >= 0.6 is 0 Å².